The minimum absolute atomic E-state index is 0.206. The molecule has 0 amide bonds. The van der Waals surface area contributed by atoms with Crippen molar-refractivity contribution >= 4 is 0 Å². The van der Waals surface area contributed by atoms with Crippen LogP contribution in [0.15, 0.2) is 30.5 Å². The van der Waals surface area contributed by atoms with Crippen molar-refractivity contribution in [2.75, 3.05) is 32.8 Å². The van der Waals surface area contributed by atoms with Gasteiger partial charge in [-0.15, -0.1) is 0 Å². The first kappa shape index (κ1) is 14.9. The van der Waals surface area contributed by atoms with Crippen LogP contribution in [0.3, 0.4) is 0 Å². The molecule has 0 bridgehead atoms. The Morgan fingerprint density at radius 3 is 2.96 bits per heavy atom. The second kappa shape index (κ2) is 6.43. The van der Waals surface area contributed by atoms with Gasteiger partial charge in [0.1, 0.15) is 0 Å². The summed E-state index contributed by atoms with van der Waals surface area (Å²) in [5, 5.41) is 8.46. The second-order valence-corrected chi connectivity index (χ2v) is 6.44. The molecule has 122 valence electrons. The summed E-state index contributed by atoms with van der Waals surface area (Å²) in [6.07, 6.45) is 3.27. The molecular formula is C18H24N4O. The van der Waals surface area contributed by atoms with Gasteiger partial charge in [0.05, 0.1) is 24.9 Å². The van der Waals surface area contributed by atoms with Crippen LogP contribution in [-0.2, 0) is 24.8 Å². The molecule has 4 rings (SSSR count). The van der Waals surface area contributed by atoms with E-state index in [0.29, 0.717) is 0 Å². The Morgan fingerprint density at radius 2 is 2.09 bits per heavy atom. The van der Waals surface area contributed by atoms with Crippen LogP contribution in [-0.4, -0.2) is 47.5 Å². The highest BCUT2D eigenvalue weighted by Gasteiger charge is 2.26. The summed E-state index contributed by atoms with van der Waals surface area (Å²) in [5.74, 6) is 0. The minimum atomic E-state index is 0.206. The van der Waals surface area contributed by atoms with E-state index in [1.54, 1.807) is 0 Å². The molecule has 1 fully saturated rings. The molecule has 0 spiro atoms. The lowest BCUT2D eigenvalue weighted by atomic mass is 9.91. The predicted molar refractivity (Wildman–Crippen MR) is 89.3 cm³/mol. The van der Waals surface area contributed by atoms with E-state index in [9.17, 15) is 0 Å². The smallest absolute Gasteiger partial charge is 0.0884 e. The second-order valence-electron chi connectivity index (χ2n) is 6.44. The van der Waals surface area contributed by atoms with Crippen LogP contribution < -0.4 is 5.32 Å². The number of ether oxygens (including phenoxy) is 1. The molecule has 0 aliphatic carbocycles. The minimum Gasteiger partial charge on any atom is -0.379 e. The fourth-order valence-corrected chi connectivity index (χ4v) is 3.67. The summed E-state index contributed by atoms with van der Waals surface area (Å²) in [6, 6.07) is 8.95. The van der Waals surface area contributed by atoms with E-state index in [1.807, 2.05) is 11.7 Å². The summed E-state index contributed by atoms with van der Waals surface area (Å²) in [4.78, 5) is 2.46. The molecule has 1 N–H and O–H groups in total. The molecule has 3 heterocycles. The van der Waals surface area contributed by atoms with E-state index in [1.165, 1.54) is 22.4 Å². The lowest BCUT2D eigenvalue weighted by molar-refractivity contribution is 0.0340. The van der Waals surface area contributed by atoms with Crippen LogP contribution in [0.25, 0.3) is 0 Å². The summed E-state index contributed by atoms with van der Waals surface area (Å²) in [5.41, 5.74) is 5.31. The van der Waals surface area contributed by atoms with Gasteiger partial charge in [-0.2, -0.15) is 5.10 Å². The van der Waals surface area contributed by atoms with Crippen molar-refractivity contribution < 1.29 is 4.74 Å². The van der Waals surface area contributed by atoms with Gasteiger partial charge < -0.3 is 10.1 Å². The van der Waals surface area contributed by atoms with Gasteiger partial charge in [0, 0.05) is 45.0 Å². The van der Waals surface area contributed by atoms with Gasteiger partial charge >= 0.3 is 0 Å². The van der Waals surface area contributed by atoms with Gasteiger partial charge in [0.2, 0.25) is 0 Å². The maximum absolute atomic E-state index is 5.46. The van der Waals surface area contributed by atoms with Crippen LogP contribution in [0.5, 0.6) is 0 Å². The van der Waals surface area contributed by atoms with Crippen LogP contribution in [0, 0.1) is 0 Å². The Hall–Kier alpha value is -1.69. The molecule has 2 aliphatic rings. The predicted octanol–water partition coefficient (Wildman–Crippen LogP) is 1.49. The van der Waals surface area contributed by atoms with Crippen molar-refractivity contribution in [2.24, 2.45) is 7.05 Å². The number of aromatic nitrogens is 2. The van der Waals surface area contributed by atoms with Crippen molar-refractivity contribution in [1.82, 2.24) is 20.0 Å². The zero-order valence-corrected chi connectivity index (χ0v) is 13.7. The molecule has 5 heteroatoms. The van der Waals surface area contributed by atoms with Gasteiger partial charge in [-0.05, 0) is 17.5 Å². The molecule has 0 radical (unpaired) electrons. The summed E-state index contributed by atoms with van der Waals surface area (Å²) >= 11 is 0. The normalized spacial score (nSPS) is 22.0. The number of rotatable bonds is 3. The molecule has 23 heavy (non-hydrogen) atoms. The maximum Gasteiger partial charge on any atom is 0.0884 e. The Kier molecular flexibility index (Phi) is 4.16. The topological polar surface area (TPSA) is 42.3 Å². The Labute approximate surface area is 137 Å². The highest BCUT2D eigenvalue weighted by molar-refractivity contribution is 5.39. The third-order valence-electron chi connectivity index (χ3n) is 4.82. The lowest BCUT2D eigenvalue weighted by Gasteiger charge is -2.29. The fraction of sp³-hybridized carbons (Fsp3) is 0.500. The maximum atomic E-state index is 5.46. The van der Waals surface area contributed by atoms with Crippen molar-refractivity contribution in [2.45, 2.75) is 19.0 Å². The molecule has 2 aliphatic heterocycles. The van der Waals surface area contributed by atoms with Crippen molar-refractivity contribution in [3.05, 3.63) is 52.8 Å². The number of nitrogens with one attached hydrogen (secondary N) is 1. The van der Waals surface area contributed by atoms with Gasteiger partial charge in [-0.1, -0.05) is 24.3 Å². The number of benzene rings is 1. The third-order valence-corrected chi connectivity index (χ3v) is 4.82. The first-order valence-electron chi connectivity index (χ1n) is 8.45. The third kappa shape index (κ3) is 3.04. The molecule has 1 aromatic heterocycles. The number of nitrogens with zero attached hydrogens (tertiary/aromatic N) is 3. The molecule has 1 unspecified atom stereocenters. The van der Waals surface area contributed by atoms with E-state index in [0.717, 1.165) is 45.8 Å². The average Bonchev–Trinajstić information content (AvgIpc) is 2.95. The van der Waals surface area contributed by atoms with Crippen molar-refractivity contribution in [3.63, 3.8) is 0 Å². The monoisotopic (exact) mass is 312 g/mol. The highest BCUT2D eigenvalue weighted by Crippen LogP contribution is 2.30. The molecule has 1 aromatic carbocycles. The van der Waals surface area contributed by atoms with Crippen LogP contribution in [0.1, 0.15) is 28.4 Å². The Morgan fingerprint density at radius 1 is 1.26 bits per heavy atom. The quantitative estimate of drug-likeness (QED) is 0.932. The zero-order valence-electron chi connectivity index (χ0n) is 13.7. The number of fused-ring (bicyclic) bond motifs is 1. The molecular weight excluding hydrogens is 288 g/mol. The van der Waals surface area contributed by atoms with Crippen LogP contribution in [0.4, 0.5) is 0 Å². The first-order chi connectivity index (χ1) is 11.3. The van der Waals surface area contributed by atoms with Crippen LogP contribution >= 0.6 is 0 Å². The van der Waals surface area contributed by atoms with E-state index >= 15 is 0 Å². The number of hydrogen-bond acceptors (Lipinski definition) is 4. The molecule has 0 saturated carbocycles. The SMILES string of the molecule is Cn1cc(CN2CCOCC2)c(C2NCCc3ccccc32)n1. The zero-order chi connectivity index (χ0) is 15.6. The van der Waals surface area contributed by atoms with Crippen molar-refractivity contribution in [1.29, 1.82) is 0 Å². The average molecular weight is 312 g/mol. The van der Waals surface area contributed by atoms with E-state index in [4.69, 9.17) is 9.84 Å². The summed E-state index contributed by atoms with van der Waals surface area (Å²) < 4.78 is 7.41. The largest absolute Gasteiger partial charge is 0.379 e. The Bertz CT molecular complexity index is 675. The van der Waals surface area contributed by atoms with Gasteiger partial charge in [-0.25, -0.2) is 0 Å². The van der Waals surface area contributed by atoms with Crippen LogP contribution in [0.2, 0.25) is 0 Å². The molecule has 2 aromatic rings. The number of morpholine rings is 1. The van der Waals surface area contributed by atoms with E-state index in [2.05, 4.69) is 40.7 Å². The molecule has 1 saturated heterocycles. The first-order valence-corrected chi connectivity index (χ1v) is 8.45. The standard InChI is InChI=1S/C18H24N4O/c1-21-12-15(13-22-8-10-23-11-9-22)17(20-21)18-16-5-3-2-4-14(16)6-7-19-18/h2-5,12,18-19H,6-11,13H2,1H3. The van der Waals surface area contributed by atoms with Crippen molar-refractivity contribution in [3.8, 4) is 0 Å². The fourth-order valence-electron chi connectivity index (χ4n) is 3.67. The van der Waals surface area contributed by atoms with Gasteiger partial charge in [0.15, 0.2) is 0 Å². The molecule has 5 nitrogen and oxygen atoms in total. The number of aryl methyl sites for hydroxylation is 1. The van der Waals surface area contributed by atoms with Gasteiger partial charge in [0.25, 0.3) is 0 Å². The Balaban J connectivity index is 1.64. The van der Waals surface area contributed by atoms with Gasteiger partial charge in [-0.3, -0.25) is 9.58 Å². The number of hydrogen-bond donors (Lipinski definition) is 1. The van der Waals surface area contributed by atoms with E-state index < -0.39 is 0 Å². The van der Waals surface area contributed by atoms with E-state index in [-0.39, 0.29) is 6.04 Å². The highest BCUT2D eigenvalue weighted by atomic mass is 16.5. The lowest BCUT2D eigenvalue weighted by Crippen LogP contribution is -2.36. The molecule has 1 atom stereocenters. The summed E-state index contributed by atoms with van der Waals surface area (Å²) in [7, 11) is 2.01. The summed E-state index contributed by atoms with van der Waals surface area (Å²) in [6.45, 7) is 5.63.